The number of primary amides is 1. The molecule has 0 saturated heterocycles. The van der Waals surface area contributed by atoms with Gasteiger partial charge >= 0.3 is 12.1 Å². The van der Waals surface area contributed by atoms with Crippen LogP contribution >= 0.6 is 0 Å². The maximum Gasteiger partial charge on any atom is 0.490 e. The van der Waals surface area contributed by atoms with Crippen molar-refractivity contribution in [3.05, 3.63) is 126 Å². The van der Waals surface area contributed by atoms with Gasteiger partial charge in [-0.1, -0.05) is 51.1 Å². The molecule has 1 aliphatic rings. The molecule has 0 saturated carbocycles. The van der Waals surface area contributed by atoms with Gasteiger partial charge in [0.25, 0.3) is 17.7 Å². The molecule has 5 unspecified atom stereocenters. The first-order chi connectivity index (χ1) is 38.9. The first-order valence-electron chi connectivity index (χ1n) is 25.3. The molecule has 0 bridgehead atoms. The van der Waals surface area contributed by atoms with Crippen molar-refractivity contribution in [1.29, 1.82) is 0 Å². The summed E-state index contributed by atoms with van der Waals surface area (Å²) in [5, 5.41) is 32.4. The smallest absolute Gasteiger partial charge is 0.475 e. The number of carboxylic acid groups (broad SMARTS) is 1. The Hall–Kier alpha value is -9.41. The normalized spacial score (nSPS) is 13.9. The Morgan fingerprint density at radius 3 is 1.90 bits per heavy atom. The van der Waals surface area contributed by atoms with Crippen molar-refractivity contribution >= 4 is 65.0 Å². The summed E-state index contributed by atoms with van der Waals surface area (Å²) in [5.74, 6) is -12.6. The highest BCUT2D eigenvalue weighted by Crippen LogP contribution is 2.41. The van der Waals surface area contributed by atoms with Crippen molar-refractivity contribution in [2.75, 3.05) is 32.8 Å². The van der Waals surface area contributed by atoms with Crippen LogP contribution < -0.4 is 37.6 Å². The molecule has 0 spiro atoms. The van der Waals surface area contributed by atoms with E-state index in [4.69, 9.17) is 15.6 Å². The van der Waals surface area contributed by atoms with Gasteiger partial charge in [0.15, 0.2) is 0 Å². The maximum atomic E-state index is 15.4. The van der Waals surface area contributed by atoms with Crippen LogP contribution in [0.1, 0.15) is 75.1 Å². The zero-order valence-corrected chi connectivity index (χ0v) is 45.4. The molecule has 10 amide bonds. The van der Waals surface area contributed by atoms with Crippen LogP contribution in [0.15, 0.2) is 97.5 Å². The number of aliphatic hydroxyl groups excluding tert-OH is 1. The fourth-order valence-electron chi connectivity index (χ4n) is 8.17. The molecule has 3 heterocycles. The van der Waals surface area contributed by atoms with Crippen molar-refractivity contribution in [1.82, 2.24) is 51.3 Å². The number of alkyl halides is 3. The van der Waals surface area contributed by atoms with Crippen LogP contribution in [0, 0.1) is 17.0 Å². The number of halogens is 5. The van der Waals surface area contributed by atoms with Crippen molar-refractivity contribution in [3.63, 3.8) is 0 Å². The van der Waals surface area contributed by atoms with E-state index >= 15 is 4.39 Å². The minimum Gasteiger partial charge on any atom is -0.475 e. The van der Waals surface area contributed by atoms with Crippen LogP contribution in [0.25, 0.3) is 11.1 Å². The van der Waals surface area contributed by atoms with Crippen LogP contribution in [-0.2, 0) is 54.5 Å². The number of rotatable bonds is 25. The summed E-state index contributed by atoms with van der Waals surface area (Å²) in [6, 6.07) is 9.72. The monoisotopic (exact) mass is 1170 g/mol. The van der Waals surface area contributed by atoms with E-state index in [0.29, 0.717) is 10.6 Å². The first-order valence-corrected chi connectivity index (χ1v) is 25.3. The molecule has 5 atom stereocenters. The molecular formula is C54H62F5N11O13. The highest BCUT2D eigenvalue weighted by molar-refractivity contribution is 6.14. The molecule has 24 nitrogen and oxygen atoms in total. The summed E-state index contributed by atoms with van der Waals surface area (Å²) in [6.45, 7) is 5.68. The number of hydrogen-bond donors (Lipinski definition) is 9. The average Bonchev–Trinajstić information content (AvgIpc) is 2.79. The second-order valence-electron chi connectivity index (χ2n) is 19.7. The van der Waals surface area contributed by atoms with Crippen molar-refractivity contribution in [2.24, 2.45) is 11.1 Å². The molecule has 83 heavy (non-hydrogen) atoms. The van der Waals surface area contributed by atoms with Crippen LogP contribution in [0.2, 0.25) is 0 Å². The van der Waals surface area contributed by atoms with Gasteiger partial charge in [-0.05, 0) is 67.6 Å². The zero-order valence-electron chi connectivity index (χ0n) is 45.4. The van der Waals surface area contributed by atoms with Gasteiger partial charge in [-0.25, -0.2) is 13.6 Å². The summed E-state index contributed by atoms with van der Waals surface area (Å²) in [4.78, 5) is 145. The van der Waals surface area contributed by atoms with Crippen molar-refractivity contribution in [3.8, 4) is 11.1 Å². The number of benzene rings is 2. The number of aliphatic carboxylic acids is 1. The van der Waals surface area contributed by atoms with Crippen molar-refractivity contribution < 1.29 is 84.9 Å². The predicted octanol–water partition coefficient (Wildman–Crippen LogP) is 1.13. The number of aromatic nitrogens is 2. The SMILES string of the molecule is CC(NC(=O)c1ccncc1)C(=O)NC(C)C(=O)NC(CC(N)=O)C(=O)NC(CCN(C(=O)CO)C(c1cc(-c2cc(F)ccc2F)cn1Cc1ccccc1)C(C)(C)C)C(=O)NCCNC(=O)CN1C(=O)C=CC1=O.O=C(O)C(F)(F)F. The number of imide groups is 1. The van der Waals surface area contributed by atoms with Crippen LogP contribution in [0.3, 0.4) is 0 Å². The molecule has 5 rings (SSSR count). The van der Waals surface area contributed by atoms with E-state index in [0.717, 1.165) is 35.9 Å². The van der Waals surface area contributed by atoms with Gasteiger partial charge in [-0.3, -0.25) is 57.8 Å². The van der Waals surface area contributed by atoms with Crippen molar-refractivity contribution in [2.45, 2.75) is 90.4 Å². The quantitative estimate of drug-likeness (QED) is 0.0255. The van der Waals surface area contributed by atoms with Crippen LogP contribution in [0.4, 0.5) is 22.0 Å². The second kappa shape index (κ2) is 29.9. The molecule has 0 fully saturated rings. The summed E-state index contributed by atoms with van der Waals surface area (Å²) < 4.78 is 63.5. The summed E-state index contributed by atoms with van der Waals surface area (Å²) in [7, 11) is 0. The minimum absolute atomic E-state index is 0.0687. The summed E-state index contributed by atoms with van der Waals surface area (Å²) in [6.07, 6.45) is 0.0859. The van der Waals surface area contributed by atoms with Gasteiger partial charge in [0.2, 0.25) is 41.4 Å². The lowest BCUT2D eigenvalue weighted by Gasteiger charge is -2.41. The molecule has 10 N–H and O–H groups in total. The predicted molar refractivity (Wildman–Crippen MR) is 283 cm³/mol. The Kier molecular flexibility index (Phi) is 23.8. The van der Waals surface area contributed by atoms with E-state index in [1.807, 2.05) is 30.3 Å². The topological polar surface area (TPSA) is 351 Å². The Morgan fingerprint density at radius 2 is 1.33 bits per heavy atom. The molecule has 4 aromatic rings. The number of nitrogens with two attached hydrogens (primary N) is 1. The Balaban J connectivity index is 0.00000198. The maximum absolute atomic E-state index is 15.4. The molecule has 2 aromatic heterocycles. The Labute approximate surface area is 471 Å². The van der Waals surface area contributed by atoms with Gasteiger partial charge in [0.1, 0.15) is 49.0 Å². The summed E-state index contributed by atoms with van der Waals surface area (Å²) in [5.41, 5.74) is 6.23. The number of carbonyl (C=O) groups is 11. The number of hydrogen-bond acceptors (Lipinski definition) is 13. The number of aliphatic hydroxyl groups is 1. The third kappa shape index (κ3) is 20.0. The van der Waals surface area contributed by atoms with Crippen LogP contribution in [0.5, 0.6) is 0 Å². The first kappa shape index (κ1) is 66.1. The summed E-state index contributed by atoms with van der Waals surface area (Å²) >= 11 is 0. The van der Waals surface area contributed by atoms with Crippen LogP contribution in [-0.4, -0.2) is 158 Å². The lowest BCUT2D eigenvalue weighted by molar-refractivity contribution is -0.192. The third-order valence-corrected chi connectivity index (χ3v) is 12.2. The highest BCUT2D eigenvalue weighted by Gasteiger charge is 2.40. The molecule has 2 aromatic carbocycles. The van der Waals surface area contributed by atoms with Gasteiger partial charge in [0, 0.05) is 79.3 Å². The minimum atomic E-state index is -5.08. The van der Waals surface area contributed by atoms with E-state index < -0.39 is 144 Å². The number of nitrogens with zero attached hydrogens (tertiary/aromatic N) is 4. The molecular weight excluding hydrogens is 1110 g/mol. The number of pyridine rings is 1. The van der Waals surface area contributed by atoms with Gasteiger partial charge in [0.05, 0.1) is 12.5 Å². The fraction of sp³-hybridized carbons (Fsp3) is 0.370. The molecule has 0 aliphatic carbocycles. The third-order valence-electron chi connectivity index (χ3n) is 12.2. The Bertz CT molecular complexity index is 3050. The number of carbonyl (C=O) groups excluding carboxylic acids is 10. The lowest BCUT2D eigenvalue weighted by Crippen LogP contribution is -2.58. The number of amides is 10. The number of nitrogens with one attached hydrogen (secondary N) is 6. The van der Waals surface area contributed by atoms with E-state index in [2.05, 4.69) is 36.9 Å². The van der Waals surface area contributed by atoms with Gasteiger partial charge in [-0.15, -0.1) is 0 Å². The second-order valence-corrected chi connectivity index (χ2v) is 19.7. The molecule has 1 aliphatic heterocycles. The zero-order chi connectivity index (χ0) is 61.9. The molecule has 446 valence electrons. The van der Waals surface area contributed by atoms with E-state index in [1.54, 1.807) is 37.6 Å². The largest absolute Gasteiger partial charge is 0.490 e. The molecule has 0 radical (unpaired) electrons. The van der Waals surface area contributed by atoms with E-state index in [9.17, 15) is 70.6 Å². The standard InChI is InChI=1S/C52H61F2N11O11.C2HF3O2/c1-30(60-49(74)33-15-18-56-19-16-33)47(72)59-31(2)48(73)62-39(25-41(55)67)51(76)61-38(50(75)58-21-20-57-42(68)28-65-43(69)13-14-44(65)70)17-22-64(45(71)29-66)46(52(3,4)5)40-23-34(36-24-35(53)11-12-37(36)54)27-63(40)26-32-9-7-6-8-10-32;3-2(4,5)1(6)7/h6-16,18-19,23-24,27,30-31,38-39,46,66H,17,20-22,25-26,28-29H2,1-5H3,(H2,55,67)(H,57,68)(H,58,75)(H,59,72)(H,60,74)(H,61,76)(H,62,73);(H,6,7). The van der Waals surface area contributed by atoms with E-state index in [1.165, 1.54) is 43.3 Å². The lowest BCUT2D eigenvalue weighted by atomic mass is 9.82. The van der Waals surface area contributed by atoms with E-state index in [-0.39, 0.29) is 42.9 Å². The molecule has 29 heteroatoms. The number of carboxylic acids is 1. The Morgan fingerprint density at radius 1 is 0.747 bits per heavy atom. The fourth-order valence-corrected chi connectivity index (χ4v) is 8.17. The van der Waals surface area contributed by atoms with Gasteiger partial charge in [-0.2, -0.15) is 13.2 Å². The highest BCUT2D eigenvalue weighted by atomic mass is 19.4. The van der Waals surface area contributed by atoms with Gasteiger partial charge < -0.3 is 57.3 Å². The average molecular weight is 1170 g/mol.